The minimum absolute atomic E-state index is 0.0972. The Bertz CT molecular complexity index is 359. The molecule has 0 aromatic carbocycles. The Hall–Kier alpha value is -1.29. The van der Waals surface area contributed by atoms with Gasteiger partial charge < -0.3 is 5.32 Å². The molecule has 0 bridgehead atoms. The van der Waals surface area contributed by atoms with E-state index in [1.165, 1.54) is 0 Å². The molecular weight excluding hydrogens is 190 g/mol. The molecule has 4 nitrogen and oxygen atoms in total. The van der Waals surface area contributed by atoms with Crippen molar-refractivity contribution in [3.63, 3.8) is 0 Å². The zero-order valence-corrected chi connectivity index (χ0v) is 8.86. The summed E-state index contributed by atoms with van der Waals surface area (Å²) in [5.41, 5.74) is 1.24. The van der Waals surface area contributed by atoms with Gasteiger partial charge in [-0.3, -0.25) is 9.78 Å². The highest BCUT2D eigenvalue weighted by atomic mass is 16.1. The lowest BCUT2D eigenvalue weighted by Gasteiger charge is -2.08. The number of Topliss-reactive ketones (excluding diaryl/α,β-unsaturated/α-hetero) is 1. The van der Waals surface area contributed by atoms with Gasteiger partial charge in [0.25, 0.3) is 0 Å². The monoisotopic (exact) mass is 205 g/mol. The summed E-state index contributed by atoms with van der Waals surface area (Å²) in [5.74, 6) is 0.0972. The topological polar surface area (TPSA) is 54.9 Å². The number of carbonyl (C=O) groups excluding carboxylic acids is 1. The normalized spacial score (nSPS) is 20.5. The average molecular weight is 205 g/mol. The molecule has 2 rings (SSSR count). The van der Waals surface area contributed by atoms with Crippen LogP contribution in [0.5, 0.6) is 0 Å². The molecule has 0 aliphatic carbocycles. The summed E-state index contributed by atoms with van der Waals surface area (Å²) >= 11 is 0. The van der Waals surface area contributed by atoms with E-state index in [-0.39, 0.29) is 5.78 Å². The van der Waals surface area contributed by atoms with Gasteiger partial charge in [0.05, 0.1) is 5.69 Å². The van der Waals surface area contributed by atoms with Crippen molar-refractivity contribution in [1.82, 2.24) is 15.3 Å². The van der Waals surface area contributed by atoms with E-state index in [2.05, 4.69) is 15.3 Å². The number of hydrogen-bond acceptors (Lipinski definition) is 4. The van der Waals surface area contributed by atoms with Crippen LogP contribution in [0.4, 0.5) is 0 Å². The van der Waals surface area contributed by atoms with Gasteiger partial charge in [-0.1, -0.05) is 0 Å². The van der Waals surface area contributed by atoms with E-state index in [1.54, 1.807) is 12.4 Å². The fourth-order valence-electron chi connectivity index (χ4n) is 1.93. The number of carbonyl (C=O) groups is 1. The fraction of sp³-hybridized carbons (Fsp3) is 0.545. The molecule has 15 heavy (non-hydrogen) atoms. The molecule has 80 valence electrons. The minimum Gasteiger partial charge on any atom is -0.314 e. The molecular formula is C11H15N3O. The molecule has 2 heterocycles. The lowest BCUT2D eigenvalue weighted by atomic mass is 10.1. The Morgan fingerprint density at radius 3 is 3.00 bits per heavy atom. The van der Waals surface area contributed by atoms with Gasteiger partial charge in [-0.15, -0.1) is 0 Å². The van der Waals surface area contributed by atoms with Crippen LogP contribution in [0.1, 0.15) is 35.4 Å². The highest BCUT2D eigenvalue weighted by Gasteiger charge is 2.20. The molecule has 1 aromatic heterocycles. The molecule has 4 heteroatoms. The largest absolute Gasteiger partial charge is 0.314 e. The molecule has 1 aliphatic heterocycles. The summed E-state index contributed by atoms with van der Waals surface area (Å²) in [6, 6.07) is 0.332. The van der Waals surface area contributed by atoms with Crippen molar-refractivity contribution in [2.24, 2.45) is 0 Å². The second-order valence-electron chi connectivity index (χ2n) is 3.91. The minimum atomic E-state index is 0.0972. The number of aromatic nitrogens is 2. The summed E-state index contributed by atoms with van der Waals surface area (Å²) in [5, 5.41) is 3.31. The summed E-state index contributed by atoms with van der Waals surface area (Å²) in [6.07, 6.45) is 5.98. The Kier molecular flexibility index (Phi) is 3.06. The molecule has 1 aromatic rings. The van der Waals surface area contributed by atoms with Crippen molar-refractivity contribution < 1.29 is 4.79 Å². The molecule has 1 unspecified atom stereocenters. The first kappa shape index (κ1) is 10.2. The van der Waals surface area contributed by atoms with Gasteiger partial charge in [0.1, 0.15) is 5.69 Å². The molecule has 1 N–H and O–H groups in total. The van der Waals surface area contributed by atoms with Gasteiger partial charge in [0.15, 0.2) is 5.78 Å². The van der Waals surface area contributed by atoms with E-state index in [0.717, 1.165) is 25.1 Å². The van der Waals surface area contributed by atoms with Gasteiger partial charge in [-0.2, -0.15) is 0 Å². The predicted octanol–water partition coefficient (Wildman–Crippen LogP) is 1.11. The third-order valence-corrected chi connectivity index (χ3v) is 2.74. The number of nitrogens with one attached hydrogen (secondary N) is 1. The second kappa shape index (κ2) is 4.49. The first-order valence-electron chi connectivity index (χ1n) is 5.31. The van der Waals surface area contributed by atoms with Crippen LogP contribution in [0, 0.1) is 6.92 Å². The van der Waals surface area contributed by atoms with Crippen molar-refractivity contribution in [1.29, 1.82) is 0 Å². The first-order chi connectivity index (χ1) is 7.27. The van der Waals surface area contributed by atoms with Crippen molar-refractivity contribution in [2.45, 2.75) is 32.2 Å². The van der Waals surface area contributed by atoms with Crippen molar-refractivity contribution in [2.75, 3.05) is 6.54 Å². The molecule has 1 atom stereocenters. The number of hydrogen-bond donors (Lipinski definition) is 1. The molecule has 1 fully saturated rings. The van der Waals surface area contributed by atoms with Gasteiger partial charge in [-0.05, 0) is 26.3 Å². The van der Waals surface area contributed by atoms with Crippen LogP contribution < -0.4 is 5.32 Å². The molecule has 0 saturated carbocycles. The highest BCUT2D eigenvalue weighted by molar-refractivity contribution is 5.95. The van der Waals surface area contributed by atoms with Crippen LogP contribution in [-0.4, -0.2) is 28.3 Å². The van der Waals surface area contributed by atoms with Crippen LogP contribution in [0.25, 0.3) is 0 Å². The van der Waals surface area contributed by atoms with Gasteiger partial charge in [-0.25, -0.2) is 4.98 Å². The number of ketones is 1. The standard InChI is InChI=1S/C11H15N3O/c1-8-11(14-6-5-12-8)10(15)7-9-3-2-4-13-9/h5-6,9,13H,2-4,7H2,1H3. The third kappa shape index (κ3) is 2.39. The third-order valence-electron chi connectivity index (χ3n) is 2.74. The second-order valence-corrected chi connectivity index (χ2v) is 3.91. The summed E-state index contributed by atoms with van der Waals surface area (Å²) in [6.45, 7) is 2.85. The lowest BCUT2D eigenvalue weighted by Crippen LogP contribution is -2.25. The van der Waals surface area contributed by atoms with E-state index >= 15 is 0 Å². The van der Waals surface area contributed by atoms with Crippen molar-refractivity contribution in [3.05, 3.63) is 23.8 Å². The van der Waals surface area contributed by atoms with Crippen molar-refractivity contribution in [3.8, 4) is 0 Å². The Labute approximate surface area is 89.1 Å². The molecule has 0 radical (unpaired) electrons. The van der Waals surface area contributed by atoms with E-state index in [1.807, 2.05) is 6.92 Å². The average Bonchev–Trinajstić information content (AvgIpc) is 2.71. The molecule has 0 spiro atoms. The maximum absolute atomic E-state index is 11.9. The van der Waals surface area contributed by atoms with Crippen LogP contribution in [0.3, 0.4) is 0 Å². The Morgan fingerprint density at radius 2 is 2.33 bits per heavy atom. The molecule has 1 saturated heterocycles. The van der Waals surface area contributed by atoms with E-state index < -0.39 is 0 Å². The number of aryl methyl sites for hydroxylation is 1. The van der Waals surface area contributed by atoms with Crippen LogP contribution in [-0.2, 0) is 0 Å². The zero-order chi connectivity index (χ0) is 10.7. The van der Waals surface area contributed by atoms with Crippen LogP contribution in [0.15, 0.2) is 12.4 Å². The maximum atomic E-state index is 11.9. The van der Waals surface area contributed by atoms with Crippen LogP contribution >= 0.6 is 0 Å². The smallest absolute Gasteiger partial charge is 0.184 e. The SMILES string of the molecule is Cc1nccnc1C(=O)CC1CCCN1. The number of nitrogens with zero attached hydrogens (tertiary/aromatic N) is 2. The van der Waals surface area contributed by atoms with Crippen molar-refractivity contribution >= 4 is 5.78 Å². The van der Waals surface area contributed by atoms with Gasteiger partial charge >= 0.3 is 0 Å². The van der Waals surface area contributed by atoms with E-state index in [4.69, 9.17) is 0 Å². The summed E-state index contributed by atoms with van der Waals surface area (Å²) in [4.78, 5) is 20.0. The van der Waals surface area contributed by atoms with Crippen LogP contribution in [0.2, 0.25) is 0 Å². The summed E-state index contributed by atoms with van der Waals surface area (Å²) < 4.78 is 0. The molecule has 1 aliphatic rings. The Morgan fingerprint density at radius 1 is 1.53 bits per heavy atom. The first-order valence-corrected chi connectivity index (χ1v) is 5.31. The van der Waals surface area contributed by atoms with E-state index in [9.17, 15) is 4.79 Å². The Balaban J connectivity index is 2.04. The fourth-order valence-corrected chi connectivity index (χ4v) is 1.93. The quantitative estimate of drug-likeness (QED) is 0.751. The predicted molar refractivity (Wildman–Crippen MR) is 56.7 cm³/mol. The van der Waals surface area contributed by atoms with Gasteiger partial charge in [0, 0.05) is 24.9 Å². The zero-order valence-electron chi connectivity index (χ0n) is 8.86. The lowest BCUT2D eigenvalue weighted by molar-refractivity contribution is 0.0965. The molecule has 0 amide bonds. The highest BCUT2D eigenvalue weighted by Crippen LogP contribution is 2.12. The summed E-state index contributed by atoms with van der Waals surface area (Å²) in [7, 11) is 0. The number of rotatable bonds is 3. The van der Waals surface area contributed by atoms with E-state index in [0.29, 0.717) is 18.2 Å². The maximum Gasteiger partial charge on any atom is 0.184 e. The van der Waals surface area contributed by atoms with Gasteiger partial charge in [0.2, 0.25) is 0 Å².